The van der Waals surface area contributed by atoms with Gasteiger partial charge >= 0.3 is 5.97 Å². The summed E-state index contributed by atoms with van der Waals surface area (Å²) < 4.78 is 9.64. The second kappa shape index (κ2) is 9.97. The summed E-state index contributed by atoms with van der Waals surface area (Å²) in [5.41, 5.74) is 0.550. The predicted octanol–water partition coefficient (Wildman–Crippen LogP) is -1.61. The van der Waals surface area contributed by atoms with Crippen molar-refractivity contribution in [1.82, 2.24) is 0 Å². The molecule has 9 nitrogen and oxygen atoms in total. The molecule has 0 aliphatic rings. The van der Waals surface area contributed by atoms with Crippen LogP contribution in [0.25, 0.3) is 6.08 Å². The number of ether oxygens (including phenoxy) is 2. The number of phenolic OH excluding ortho intramolecular Hbond substituents is 1. The molecule has 1 aromatic carbocycles. The first-order valence-electron chi connectivity index (χ1n) is 7.35. The van der Waals surface area contributed by atoms with E-state index >= 15 is 0 Å². The number of carbonyl (C=O) groups excluding carboxylic acids is 1. The number of esters is 1. The maximum atomic E-state index is 11.6. The third-order valence-corrected chi connectivity index (χ3v) is 3.34. The monoisotopic (exact) mass is 358 g/mol. The van der Waals surface area contributed by atoms with Gasteiger partial charge in [-0.3, -0.25) is 0 Å². The number of phenols is 1. The van der Waals surface area contributed by atoms with E-state index in [0.29, 0.717) is 5.56 Å². The number of aromatic hydroxyl groups is 1. The van der Waals surface area contributed by atoms with Gasteiger partial charge in [0.2, 0.25) is 0 Å². The summed E-state index contributed by atoms with van der Waals surface area (Å²) in [5, 5.41) is 55.9. The van der Waals surface area contributed by atoms with E-state index in [-0.39, 0.29) is 11.5 Å². The quantitative estimate of drug-likeness (QED) is 0.226. The van der Waals surface area contributed by atoms with Crippen molar-refractivity contribution in [2.45, 2.75) is 24.4 Å². The van der Waals surface area contributed by atoms with Crippen LogP contribution in [0.4, 0.5) is 0 Å². The molecule has 0 amide bonds. The SMILES string of the molecule is COc1cc(C=CC(=O)OCC(O)C(O)C(O)C(O)CO)ccc1O. The number of hydrogen-bond acceptors (Lipinski definition) is 9. The zero-order chi connectivity index (χ0) is 19.0. The second-order valence-corrected chi connectivity index (χ2v) is 5.19. The highest BCUT2D eigenvalue weighted by molar-refractivity contribution is 5.87. The van der Waals surface area contributed by atoms with Gasteiger partial charge in [-0.25, -0.2) is 4.79 Å². The molecule has 1 aromatic rings. The number of aliphatic hydroxyl groups excluding tert-OH is 5. The average molecular weight is 358 g/mol. The van der Waals surface area contributed by atoms with Crippen LogP contribution in [0.15, 0.2) is 24.3 Å². The van der Waals surface area contributed by atoms with Crippen LogP contribution in [0.5, 0.6) is 11.5 Å². The van der Waals surface area contributed by atoms with E-state index in [2.05, 4.69) is 0 Å². The minimum atomic E-state index is -1.81. The Labute approximate surface area is 144 Å². The largest absolute Gasteiger partial charge is 0.504 e. The molecule has 0 saturated carbocycles. The van der Waals surface area contributed by atoms with Crippen molar-refractivity contribution >= 4 is 12.0 Å². The van der Waals surface area contributed by atoms with Crippen molar-refractivity contribution in [3.63, 3.8) is 0 Å². The molecule has 4 atom stereocenters. The lowest BCUT2D eigenvalue weighted by Gasteiger charge is -2.25. The van der Waals surface area contributed by atoms with Crippen LogP contribution in [0.3, 0.4) is 0 Å². The van der Waals surface area contributed by atoms with Crippen molar-refractivity contribution in [2.24, 2.45) is 0 Å². The van der Waals surface area contributed by atoms with E-state index in [9.17, 15) is 30.3 Å². The summed E-state index contributed by atoms with van der Waals surface area (Å²) in [6.07, 6.45) is -4.44. The zero-order valence-electron chi connectivity index (χ0n) is 13.5. The molecule has 0 aromatic heterocycles. The Morgan fingerprint density at radius 3 is 2.40 bits per heavy atom. The van der Waals surface area contributed by atoms with E-state index in [1.165, 1.54) is 31.4 Å². The molecule has 0 fully saturated rings. The first-order valence-corrected chi connectivity index (χ1v) is 7.35. The standard InChI is InChI=1S/C16H22O9/c1-24-13-6-9(2-4-10(13)18)3-5-14(21)25-8-12(20)16(23)15(22)11(19)7-17/h2-6,11-12,15-20,22-23H,7-8H2,1H3. The normalized spacial score (nSPS) is 16.2. The minimum absolute atomic E-state index is 0.0528. The maximum Gasteiger partial charge on any atom is 0.330 e. The summed E-state index contributed by atoms with van der Waals surface area (Å²) in [5.74, 6) is -0.649. The molecule has 1 rings (SSSR count). The van der Waals surface area contributed by atoms with Crippen LogP contribution in [0.2, 0.25) is 0 Å². The number of aliphatic hydroxyl groups is 5. The van der Waals surface area contributed by atoms with E-state index < -0.39 is 43.6 Å². The lowest BCUT2D eigenvalue weighted by Crippen LogP contribution is -2.47. The van der Waals surface area contributed by atoms with Gasteiger partial charge in [0.15, 0.2) is 11.5 Å². The van der Waals surface area contributed by atoms with Crippen molar-refractivity contribution in [3.05, 3.63) is 29.8 Å². The third kappa shape index (κ3) is 6.33. The lowest BCUT2D eigenvalue weighted by molar-refractivity contribution is -0.151. The van der Waals surface area contributed by atoms with Gasteiger partial charge in [-0.15, -0.1) is 0 Å². The molecular formula is C16H22O9. The molecule has 0 aliphatic heterocycles. The van der Waals surface area contributed by atoms with Gasteiger partial charge in [0.05, 0.1) is 13.7 Å². The fourth-order valence-electron chi connectivity index (χ4n) is 1.84. The molecule has 0 aliphatic carbocycles. The smallest absolute Gasteiger partial charge is 0.330 e. The molecule has 0 heterocycles. The number of rotatable bonds is 9. The van der Waals surface area contributed by atoms with Gasteiger partial charge in [-0.05, 0) is 23.8 Å². The number of benzene rings is 1. The Morgan fingerprint density at radius 1 is 1.16 bits per heavy atom. The first-order chi connectivity index (χ1) is 11.8. The Bertz CT molecular complexity index is 587. The molecule has 0 bridgehead atoms. The Balaban J connectivity index is 2.54. The molecule has 0 radical (unpaired) electrons. The fraction of sp³-hybridized carbons (Fsp3) is 0.438. The maximum absolute atomic E-state index is 11.6. The Hall–Kier alpha value is -2.17. The van der Waals surface area contributed by atoms with Crippen LogP contribution in [-0.2, 0) is 9.53 Å². The minimum Gasteiger partial charge on any atom is -0.504 e. The lowest BCUT2D eigenvalue weighted by atomic mass is 10.0. The predicted molar refractivity (Wildman–Crippen MR) is 85.8 cm³/mol. The Morgan fingerprint density at radius 2 is 1.80 bits per heavy atom. The highest BCUT2D eigenvalue weighted by atomic mass is 16.5. The van der Waals surface area contributed by atoms with Crippen LogP contribution in [0.1, 0.15) is 5.56 Å². The number of carbonyl (C=O) groups is 1. The highest BCUT2D eigenvalue weighted by Crippen LogP contribution is 2.26. The molecule has 4 unspecified atom stereocenters. The molecule has 9 heteroatoms. The Kier molecular flexibility index (Phi) is 8.32. The molecule has 0 spiro atoms. The topological polar surface area (TPSA) is 157 Å². The fourth-order valence-corrected chi connectivity index (χ4v) is 1.84. The van der Waals surface area contributed by atoms with Crippen LogP contribution in [0, 0.1) is 0 Å². The van der Waals surface area contributed by atoms with Gasteiger partial charge in [0, 0.05) is 6.08 Å². The number of methoxy groups -OCH3 is 1. The summed E-state index contributed by atoms with van der Waals surface area (Å²) >= 11 is 0. The average Bonchev–Trinajstić information content (AvgIpc) is 2.63. The zero-order valence-corrected chi connectivity index (χ0v) is 13.5. The summed E-state index contributed by atoms with van der Waals surface area (Å²) in [6, 6.07) is 4.41. The van der Waals surface area contributed by atoms with E-state index in [0.717, 1.165) is 6.08 Å². The van der Waals surface area contributed by atoms with Gasteiger partial charge in [0.1, 0.15) is 31.0 Å². The van der Waals surface area contributed by atoms with Crippen LogP contribution < -0.4 is 4.74 Å². The number of hydrogen-bond donors (Lipinski definition) is 6. The van der Waals surface area contributed by atoms with E-state index in [1.54, 1.807) is 0 Å². The molecule has 6 N–H and O–H groups in total. The van der Waals surface area contributed by atoms with Crippen LogP contribution in [-0.4, -0.2) is 81.3 Å². The van der Waals surface area contributed by atoms with E-state index in [1.807, 2.05) is 0 Å². The highest BCUT2D eigenvalue weighted by Gasteiger charge is 2.30. The van der Waals surface area contributed by atoms with Crippen molar-refractivity contribution < 1.29 is 44.9 Å². The molecular weight excluding hydrogens is 336 g/mol. The van der Waals surface area contributed by atoms with Crippen molar-refractivity contribution in [2.75, 3.05) is 20.3 Å². The van der Waals surface area contributed by atoms with Crippen molar-refractivity contribution in [1.29, 1.82) is 0 Å². The van der Waals surface area contributed by atoms with Crippen LogP contribution >= 0.6 is 0 Å². The van der Waals surface area contributed by atoms with E-state index in [4.69, 9.17) is 14.6 Å². The van der Waals surface area contributed by atoms with Gasteiger partial charge in [0.25, 0.3) is 0 Å². The van der Waals surface area contributed by atoms with Gasteiger partial charge < -0.3 is 40.1 Å². The first kappa shape index (κ1) is 20.9. The summed E-state index contributed by atoms with van der Waals surface area (Å²) in [4.78, 5) is 11.6. The molecule has 0 saturated heterocycles. The molecule has 25 heavy (non-hydrogen) atoms. The summed E-state index contributed by atoms with van der Waals surface area (Å²) in [7, 11) is 1.38. The third-order valence-electron chi connectivity index (χ3n) is 3.34. The van der Waals surface area contributed by atoms with Crippen molar-refractivity contribution in [3.8, 4) is 11.5 Å². The van der Waals surface area contributed by atoms with Gasteiger partial charge in [-0.1, -0.05) is 6.07 Å². The molecule has 140 valence electrons. The summed E-state index contributed by atoms with van der Waals surface area (Å²) in [6.45, 7) is -1.43. The second-order valence-electron chi connectivity index (χ2n) is 5.19. The van der Waals surface area contributed by atoms with Gasteiger partial charge in [-0.2, -0.15) is 0 Å².